The number of aliphatic imine (C=N–C) groups is 1. The van der Waals surface area contributed by atoms with Crippen molar-refractivity contribution in [1.82, 2.24) is 4.98 Å². The Hall–Kier alpha value is -2.89. The summed E-state index contributed by atoms with van der Waals surface area (Å²) in [6, 6.07) is 5.21. The number of ketones is 1. The molecule has 0 amide bonds. The van der Waals surface area contributed by atoms with Gasteiger partial charge in [0.2, 0.25) is 5.88 Å². The highest BCUT2D eigenvalue weighted by atomic mass is 16.5. The van der Waals surface area contributed by atoms with Crippen molar-refractivity contribution in [2.75, 3.05) is 14.2 Å². The molecule has 1 aromatic carbocycles. The van der Waals surface area contributed by atoms with Crippen molar-refractivity contribution in [3.63, 3.8) is 0 Å². The number of rotatable bonds is 3. The second kappa shape index (κ2) is 5.96. The topological polar surface area (TPSA) is 81.0 Å². The van der Waals surface area contributed by atoms with Gasteiger partial charge in [0, 0.05) is 6.07 Å². The monoisotopic (exact) mass is 326 g/mol. The molecule has 0 spiro atoms. The number of phenolic OH excluding ortho intramolecular Hbond substituents is 1. The summed E-state index contributed by atoms with van der Waals surface area (Å²) in [6.45, 7) is 3.63. The van der Waals surface area contributed by atoms with E-state index in [1.807, 2.05) is 26.0 Å². The first kappa shape index (κ1) is 16.0. The van der Waals surface area contributed by atoms with Crippen LogP contribution in [0.15, 0.2) is 23.2 Å². The lowest BCUT2D eigenvalue weighted by atomic mass is 9.95. The molecular formula is C18H18N2O4. The molecule has 0 unspecified atom stereocenters. The van der Waals surface area contributed by atoms with Gasteiger partial charge in [0.15, 0.2) is 11.6 Å². The minimum absolute atomic E-state index is 0.106. The molecule has 3 rings (SSSR count). The molecular weight excluding hydrogens is 308 g/mol. The number of benzene rings is 1. The van der Waals surface area contributed by atoms with Crippen LogP contribution in [-0.4, -0.2) is 35.8 Å². The molecule has 24 heavy (non-hydrogen) atoms. The normalized spacial score (nSPS) is 13.3. The quantitative estimate of drug-likeness (QED) is 0.937. The van der Waals surface area contributed by atoms with E-state index in [4.69, 9.17) is 9.47 Å². The number of Topliss-reactive ketones (excluding diaryl/α,β-unsaturated/α-hetero) is 1. The summed E-state index contributed by atoms with van der Waals surface area (Å²) < 4.78 is 10.4. The van der Waals surface area contributed by atoms with Crippen LogP contribution in [0.3, 0.4) is 0 Å². The summed E-state index contributed by atoms with van der Waals surface area (Å²) in [5.74, 6) is 1.18. The molecule has 6 heteroatoms. The molecule has 1 aromatic heterocycles. The van der Waals surface area contributed by atoms with Crippen LogP contribution in [0.5, 0.6) is 17.4 Å². The summed E-state index contributed by atoms with van der Waals surface area (Å²) in [4.78, 5) is 21.4. The molecule has 2 heterocycles. The second-order valence-corrected chi connectivity index (χ2v) is 5.68. The lowest BCUT2D eigenvalue weighted by Crippen LogP contribution is -2.16. The van der Waals surface area contributed by atoms with Crippen molar-refractivity contribution < 1.29 is 19.4 Å². The number of aromatic nitrogens is 1. The Labute approximate surface area is 139 Å². The number of pyridine rings is 1. The molecule has 1 aliphatic heterocycles. The molecule has 2 aromatic rings. The highest BCUT2D eigenvalue weighted by Gasteiger charge is 2.27. The number of hydrogen-bond acceptors (Lipinski definition) is 6. The number of phenols is 1. The number of nitrogens with zero attached hydrogens (tertiary/aromatic N) is 2. The fourth-order valence-electron chi connectivity index (χ4n) is 2.79. The van der Waals surface area contributed by atoms with Crippen molar-refractivity contribution >= 4 is 17.3 Å². The summed E-state index contributed by atoms with van der Waals surface area (Å²) in [5, 5.41) is 9.92. The minimum atomic E-state index is -0.106. The lowest BCUT2D eigenvalue weighted by Gasteiger charge is -2.18. The van der Waals surface area contributed by atoms with Crippen molar-refractivity contribution in [1.29, 1.82) is 0 Å². The van der Waals surface area contributed by atoms with Crippen LogP contribution < -0.4 is 9.47 Å². The van der Waals surface area contributed by atoms with Gasteiger partial charge in [-0.3, -0.25) is 4.79 Å². The van der Waals surface area contributed by atoms with Crippen molar-refractivity contribution in [3.8, 4) is 17.4 Å². The van der Waals surface area contributed by atoms with Crippen LogP contribution in [0, 0.1) is 13.8 Å². The van der Waals surface area contributed by atoms with Gasteiger partial charge in [-0.1, -0.05) is 0 Å². The molecule has 6 nitrogen and oxygen atoms in total. The highest BCUT2D eigenvalue weighted by Crippen LogP contribution is 2.36. The summed E-state index contributed by atoms with van der Waals surface area (Å²) >= 11 is 0. The zero-order chi connectivity index (χ0) is 17.4. The third-order valence-corrected chi connectivity index (χ3v) is 4.04. The van der Waals surface area contributed by atoms with E-state index in [1.54, 1.807) is 6.07 Å². The number of methoxy groups -OCH3 is 2. The maximum Gasteiger partial charge on any atom is 0.218 e. The van der Waals surface area contributed by atoms with E-state index in [2.05, 4.69) is 9.98 Å². The van der Waals surface area contributed by atoms with Crippen LogP contribution in [0.25, 0.3) is 0 Å². The Morgan fingerprint density at radius 2 is 1.75 bits per heavy atom. The fourth-order valence-corrected chi connectivity index (χ4v) is 2.79. The van der Waals surface area contributed by atoms with E-state index in [1.165, 1.54) is 14.2 Å². The fraction of sp³-hybridized carbons (Fsp3) is 0.278. The van der Waals surface area contributed by atoms with Gasteiger partial charge in [0.1, 0.15) is 17.1 Å². The first-order valence-electron chi connectivity index (χ1n) is 7.49. The Morgan fingerprint density at radius 1 is 1.08 bits per heavy atom. The molecule has 0 saturated carbocycles. The number of fused-ring (bicyclic) bond motifs is 1. The lowest BCUT2D eigenvalue weighted by molar-refractivity contribution is 0.0996. The standard InChI is InChI=1S/C18H18N2O4/c1-9-5-11(6-10(2)17(9)22)12-7-13(21)16-14(23-3)8-15(24-4)20-18(16)19-12/h5-6,8,22H,7H2,1-4H3. The first-order valence-corrected chi connectivity index (χ1v) is 7.49. The first-order chi connectivity index (χ1) is 11.4. The summed E-state index contributed by atoms with van der Waals surface area (Å²) in [7, 11) is 2.99. The van der Waals surface area contributed by atoms with Gasteiger partial charge in [0.25, 0.3) is 0 Å². The largest absolute Gasteiger partial charge is 0.507 e. The van der Waals surface area contributed by atoms with Crippen molar-refractivity contribution in [2.45, 2.75) is 20.3 Å². The Balaban J connectivity index is 2.17. The molecule has 0 radical (unpaired) electrons. The van der Waals surface area contributed by atoms with Crippen molar-refractivity contribution in [2.24, 2.45) is 4.99 Å². The van der Waals surface area contributed by atoms with Crippen LogP contribution >= 0.6 is 0 Å². The smallest absolute Gasteiger partial charge is 0.218 e. The highest BCUT2D eigenvalue weighted by molar-refractivity contribution is 6.21. The molecule has 124 valence electrons. The van der Waals surface area contributed by atoms with Crippen LogP contribution in [0.1, 0.15) is 33.5 Å². The second-order valence-electron chi connectivity index (χ2n) is 5.68. The van der Waals surface area contributed by atoms with Gasteiger partial charge < -0.3 is 14.6 Å². The van der Waals surface area contributed by atoms with E-state index in [-0.39, 0.29) is 18.0 Å². The van der Waals surface area contributed by atoms with Gasteiger partial charge in [-0.2, -0.15) is 4.98 Å². The number of carbonyl (C=O) groups is 1. The molecule has 1 aliphatic rings. The third-order valence-electron chi connectivity index (χ3n) is 4.04. The number of ether oxygens (including phenoxy) is 2. The average Bonchev–Trinajstić information content (AvgIpc) is 2.57. The maximum absolute atomic E-state index is 12.6. The van der Waals surface area contributed by atoms with E-state index in [9.17, 15) is 9.90 Å². The number of aromatic hydroxyl groups is 1. The summed E-state index contributed by atoms with van der Waals surface area (Å²) in [5.41, 5.74) is 3.26. The van der Waals surface area contributed by atoms with E-state index < -0.39 is 0 Å². The number of carbonyl (C=O) groups excluding carboxylic acids is 1. The van der Waals surface area contributed by atoms with Gasteiger partial charge in [-0.25, -0.2) is 4.99 Å². The van der Waals surface area contributed by atoms with Crippen molar-refractivity contribution in [3.05, 3.63) is 40.5 Å². The summed E-state index contributed by atoms with van der Waals surface area (Å²) in [6.07, 6.45) is 0.154. The zero-order valence-electron chi connectivity index (χ0n) is 14.0. The van der Waals surface area contributed by atoms with Crippen LogP contribution in [-0.2, 0) is 0 Å². The average molecular weight is 326 g/mol. The molecule has 0 saturated heterocycles. The zero-order valence-corrected chi connectivity index (χ0v) is 14.0. The minimum Gasteiger partial charge on any atom is -0.507 e. The molecule has 0 atom stereocenters. The maximum atomic E-state index is 12.6. The van der Waals surface area contributed by atoms with E-state index in [0.717, 1.165) is 16.7 Å². The SMILES string of the molecule is COc1cc(OC)c2c(n1)N=C(c1cc(C)c(O)c(C)c1)CC2=O. The predicted octanol–water partition coefficient (Wildman–Crippen LogP) is 3.13. The molecule has 0 fully saturated rings. The molecule has 0 aliphatic carbocycles. The van der Waals surface area contributed by atoms with Gasteiger partial charge in [-0.15, -0.1) is 0 Å². The Bertz CT molecular complexity index is 849. The van der Waals surface area contributed by atoms with Crippen LogP contribution in [0.2, 0.25) is 0 Å². The number of aryl methyl sites for hydroxylation is 2. The molecule has 1 N–H and O–H groups in total. The van der Waals surface area contributed by atoms with E-state index >= 15 is 0 Å². The molecule has 0 bridgehead atoms. The number of hydrogen-bond donors (Lipinski definition) is 1. The van der Waals surface area contributed by atoms with Gasteiger partial charge in [-0.05, 0) is 42.7 Å². The predicted molar refractivity (Wildman–Crippen MR) is 90.1 cm³/mol. The van der Waals surface area contributed by atoms with Gasteiger partial charge in [0.05, 0.1) is 26.4 Å². The Morgan fingerprint density at radius 3 is 2.33 bits per heavy atom. The third kappa shape index (κ3) is 2.60. The van der Waals surface area contributed by atoms with E-state index in [0.29, 0.717) is 28.7 Å². The Kier molecular flexibility index (Phi) is 3.97. The van der Waals surface area contributed by atoms with Crippen LogP contribution in [0.4, 0.5) is 5.82 Å². The van der Waals surface area contributed by atoms with Gasteiger partial charge >= 0.3 is 0 Å².